The van der Waals surface area contributed by atoms with Gasteiger partial charge in [0.25, 0.3) is 5.24 Å². The first-order valence-corrected chi connectivity index (χ1v) is 10.0. The second-order valence-electron chi connectivity index (χ2n) is 6.34. The molecule has 0 saturated heterocycles. The third-order valence-corrected chi connectivity index (χ3v) is 4.90. The van der Waals surface area contributed by atoms with Gasteiger partial charge in [0.2, 0.25) is 5.91 Å². The lowest BCUT2D eigenvalue weighted by atomic mass is 10.2. The molecule has 7 heteroatoms. The van der Waals surface area contributed by atoms with Crippen LogP contribution in [0.3, 0.4) is 0 Å². The molecule has 0 aromatic heterocycles. The van der Waals surface area contributed by atoms with E-state index in [0.29, 0.717) is 28.7 Å². The van der Waals surface area contributed by atoms with Crippen molar-refractivity contribution in [1.82, 2.24) is 4.90 Å². The molecule has 154 valence electrons. The number of nitrogens with zero attached hydrogens (tertiary/aromatic N) is 1. The molecule has 29 heavy (non-hydrogen) atoms. The first-order valence-electron chi connectivity index (χ1n) is 9.22. The topological polar surface area (TPSA) is 67.9 Å². The van der Waals surface area contributed by atoms with Crippen molar-refractivity contribution >= 4 is 34.7 Å². The van der Waals surface area contributed by atoms with E-state index in [-0.39, 0.29) is 11.1 Å². The zero-order valence-corrected chi connectivity index (χ0v) is 17.9. The fourth-order valence-electron chi connectivity index (χ4n) is 2.31. The number of hydrogen-bond acceptors (Lipinski definition) is 5. The van der Waals surface area contributed by atoms with Gasteiger partial charge in [-0.05, 0) is 54.1 Å². The number of hydrogen-bond donors (Lipinski definition) is 1. The lowest BCUT2D eigenvalue weighted by Gasteiger charge is -2.12. The van der Waals surface area contributed by atoms with Crippen molar-refractivity contribution in [2.75, 3.05) is 33.1 Å². The van der Waals surface area contributed by atoms with Gasteiger partial charge < -0.3 is 19.7 Å². The van der Waals surface area contributed by atoms with Gasteiger partial charge in [-0.15, -0.1) is 0 Å². The maximum absolute atomic E-state index is 12.4. The van der Waals surface area contributed by atoms with E-state index >= 15 is 0 Å². The fraction of sp³-hybridized carbons (Fsp3) is 0.273. The molecule has 2 aromatic rings. The van der Waals surface area contributed by atoms with Crippen LogP contribution in [0.15, 0.2) is 53.4 Å². The molecule has 0 fully saturated rings. The van der Waals surface area contributed by atoms with Crippen molar-refractivity contribution in [2.24, 2.45) is 0 Å². The molecule has 2 aromatic carbocycles. The van der Waals surface area contributed by atoms with Crippen molar-refractivity contribution in [1.29, 1.82) is 0 Å². The van der Waals surface area contributed by atoms with Crippen molar-refractivity contribution in [3.63, 3.8) is 0 Å². The molecule has 0 heterocycles. The summed E-state index contributed by atoms with van der Waals surface area (Å²) < 4.78 is 11.0. The molecule has 2 rings (SSSR count). The van der Waals surface area contributed by atoms with Crippen LogP contribution < -0.4 is 14.8 Å². The predicted molar refractivity (Wildman–Crippen MR) is 118 cm³/mol. The molecule has 0 aliphatic carbocycles. The van der Waals surface area contributed by atoms with Gasteiger partial charge in [-0.25, -0.2) is 0 Å². The average Bonchev–Trinajstić information content (AvgIpc) is 2.72. The van der Waals surface area contributed by atoms with E-state index in [2.05, 4.69) is 5.32 Å². The Hall–Kier alpha value is -2.93. The summed E-state index contributed by atoms with van der Waals surface area (Å²) in [5, 5.41) is 2.71. The van der Waals surface area contributed by atoms with Gasteiger partial charge in [0, 0.05) is 25.1 Å². The first-order chi connectivity index (χ1) is 13.9. The van der Waals surface area contributed by atoms with Crippen LogP contribution in [-0.4, -0.2) is 43.9 Å². The number of ether oxygens (including phenoxy) is 2. The predicted octanol–water partition coefficient (Wildman–Crippen LogP) is 4.91. The van der Waals surface area contributed by atoms with Crippen LogP contribution in [0.1, 0.15) is 18.9 Å². The van der Waals surface area contributed by atoms with E-state index < -0.39 is 0 Å². The van der Waals surface area contributed by atoms with Gasteiger partial charge in [0.15, 0.2) is 11.5 Å². The van der Waals surface area contributed by atoms with Crippen molar-refractivity contribution in [2.45, 2.75) is 18.2 Å². The molecule has 0 unspecified atom stereocenters. The van der Waals surface area contributed by atoms with Crippen molar-refractivity contribution < 1.29 is 19.1 Å². The number of carbonyl (C=O) groups excluding carboxylic acids is 2. The largest absolute Gasteiger partial charge is 0.493 e. The minimum atomic E-state index is -0.291. The minimum absolute atomic E-state index is 0.111. The number of nitrogens with one attached hydrogen (secondary N) is 1. The Balaban J connectivity index is 2.08. The maximum Gasteiger partial charge on any atom is 0.286 e. The SMILES string of the molecule is CCCOc1ccc(/C=C/C(=O)Nc2ccccc2SC(=O)N(C)C)cc1OC. The van der Waals surface area contributed by atoms with Crippen LogP contribution in [0.2, 0.25) is 0 Å². The Morgan fingerprint density at radius 1 is 1.14 bits per heavy atom. The number of carbonyl (C=O) groups is 2. The highest BCUT2D eigenvalue weighted by Gasteiger charge is 2.11. The van der Waals surface area contributed by atoms with Crippen LogP contribution in [0.5, 0.6) is 11.5 Å². The highest BCUT2D eigenvalue weighted by Crippen LogP contribution is 2.30. The van der Waals surface area contributed by atoms with Crippen LogP contribution in [0.25, 0.3) is 6.08 Å². The van der Waals surface area contributed by atoms with Crippen LogP contribution in [0.4, 0.5) is 10.5 Å². The van der Waals surface area contributed by atoms with E-state index in [1.165, 1.54) is 11.0 Å². The lowest BCUT2D eigenvalue weighted by molar-refractivity contribution is -0.111. The number of benzene rings is 2. The van der Waals surface area contributed by atoms with Gasteiger partial charge in [0.05, 0.1) is 19.4 Å². The second-order valence-corrected chi connectivity index (χ2v) is 7.33. The zero-order valence-electron chi connectivity index (χ0n) is 17.1. The summed E-state index contributed by atoms with van der Waals surface area (Å²) in [6.45, 7) is 2.65. The van der Waals surface area contributed by atoms with Crippen molar-refractivity contribution in [3.8, 4) is 11.5 Å². The zero-order chi connectivity index (χ0) is 21.2. The Morgan fingerprint density at radius 3 is 2.59 bits per heavy atom. The molecule has 1 N–H and O–H groups in total. The summed E-state index contributed by atoms with van der Waals surface area (Å²) >= 11 is 1.07. The summed E-state index contributed by atoms with van der Waals surface area (Å²) in [5.74, 6) is 0.998. The van der Waals surface area contributed by atoms with Gasteiger partial charge in [-0.1, -0.05) is 25.1 Å². The molecule has 0 radical (unpaired) electrons. The summed E-state index contributed by atoms with van der Waals surface area (Å²) in [6, 6.07) is 12.7. The lowest BCUT2D eigenvalue weighted by Crippen LogP contribution is -2.16. The molecular weight excluding hydrogens is 388 g/mol. The molecule has 6 nitrogen and oxygen atoms in total. The molecular formula is C22H26N2O4S. The smallest absolute Gasteiger partial charge is 0.286 e. The molecule has 0 aliphatic rings. The molecule has 0 aliphatic heterocycles. The molecule has 0 spiro atoms. The summed E-state index contributed by atoms with van der Waals surface area (Å²) in [6.07, 6.45) is 4.05. The van der Waals surface area contributed by atoms with Crippen LogP contribution in [-0.2, 0) is 4.79 Å². The standard InChI is InChI=1S/C22H26N2O4S/c1-5-14-28-18-12-10-16(15-19(18)27-4)11-13-21(25)23-17-8-6-7-9-20(17)29-22(26)24(2)3/h6-13,15H,5,14H2,1-4H3,(H,23,25)/b13-11+. The number of thioether (sulfide) groups is 1. The van der Waals surface area contributed by atoms with Crippen molar-refractivity contribution in [3.05, 3.63) is 54.1 Å². The quantitative estimate of drug-likeness (QED) is 0.491. The van der Waals surface area contributed by atoms with Gasteiger partial charge in [0.1, 0.15) is 0 Å². The van der Waals surface area contributed by atoms with Gasteiger partial charge in [-0.3, -0.25) is 9.59 Å². The third kappa shape index (κ3) is 6.87. The summed E-state index contributed by atoms with van der Waals surface area (Å²) in [5.41, 5.74) is 1.40. The Labute approximate surface area is 175 Å². The number of amides is 2. The number of para-hydroxylation sites is 1. The monoisotopic (exact) mass is 414 g/mol. The number of methoxy groups -OCH3 is 1. The highest BCUT2D eigenvalue weighted by atomic mass is 32.2. The van der Waals surface area contributed by atoms with E-state index in [9.17, 15) is 9.59 Å². The Morgan fingerprint density at radius 2 is 1.90 bits per heavy atom. The van der Waals surface area contributed by atoms with Crippen LogP contribution in [0, 0.1) is 0 Å². The highest BCUT2D eigenvalue weighted by molar-refractivity contribution is 8.13. The van der Waals surface area contributed by atoms with E-state index in [1.54, 1.807) is 39.4 Å². The Kier molecular flexibility index (Phi) is 8.61. The molecule has 0 bridgehead atoms. The van der Waals surface area contributed by atoms with Gasteiger partial charge in [-0.2, -0.15) is 0 Å². The Bertz CT molecular complexity index is 881. The molecule has 0 atom stereocenters. The van der Waals surface area contributed by atoms with E-state index in [0.717, 1.165) is 23.7 Å². The second kappa shape index (κ2) is 11.2. The molecule has 0 saturated carbocycles. The number of rotatable bonds is 8. The maximum atomic E-state index is 12.4. The number of anilines is 1. The van der Waals surface area contributed by atoms with Gasteiger partial charge >= 0.3 is 0 Å². The first kappa shape index (κ1) is 22.4. The summed E-state index contributed by atoms with van der Waals surface area (Å²) in [7, 11) is 4.95. The fourth-order valence-corrected chi connectivity index (χ4v) is 3.06. The summed E-state index contributed by atoms with van der Waals surface area (Å²) in [4.78, 5) is 26.5. The van der Waals surface area contributed by atoms with E-state index in [4.69, 9.17) is 9.47 Å². The molecule has 2 amide bonds. The average molecular weight is 415 g/mol. The van der Waals surface area contributed by atoms with Crippen LogP contribution >= 0.6 is 11.8 Å². The minimum Gasteiger partial charge on any atom is -0.493 e. The normalized spacial score (nSPS) is 10.6. The third-order valence-electron chi connectivity index (χ3n) is 3.78. The van der Waals surface area contributed by atoms with E-state index in [1.807, 2.05) is 37.3 Å².